The van der Waals surface area contributed by atoms with Crippen LogP contribution in [0.25, 0.3) is 0 Å². The van der Waals surface area contributed by atoms with Gasteiger partial charge in [-0.3, -0.25) is 4.79 Å². The number of nitrogens with zero attached hydrogens (tertiary/aromatic N) is 1. The predicted molar refractivity (Wildman–Crippen MR) is 80.1 cm³/mol. The number of piperidine rings is 1. The lowest BCUT2D eigenvalue weighted by atomic mass is 10.0. The molecule has 0 bridgehead atoms. The minimum Gasteiger partial charge on any atom is -0.494 e. The van der Waals surface area contributed by atoms with E-state index in [-0.39, 0.29) is 12.5 Å². The van der Waals surface area contributed by atoms with Crippen LogP contribution in [0.15, 0.2) is 24.3 Å². The van der Waals surface area contributed by atoms with Crippen molar-refractivity contribution >= 4 is 11.9 Å². The van der Waals surface area contributed by atoms with Crippen LogP contribution in [0.3, 0.4) is 0 Å². The maximum atomic E-state index is 12.2. The number of amides is 1. The summed E-state index contributed by atoms with van der Waals surface area (Å²) in [5.74, 6) is 0.0546. The number of carbonyl (C=O) groups is 2. The fourth-order valence-corrected chi connectivity index (χ4v) is 2.51. The highest BCUT2D eigenvalue weighted by molar-refractivity contribution is 5.84. The molecule has 120 valence electrons. The van der Waals surface area contributed by atoms with Crippen molar-refractivity contribution in [1.29, 1.82) is 0 Å². The average Bonchev–Trinajstić information content (AvgIpc) is 2.54. The molecule has 1 aliphatic heterocycles. The molecule has 1 aliphatic rings. The molecule has 1 heterocycles. The number of carbonyl (C=O) groups excluding carboxylic acids is 1. The lowest BCUT2D eigenvalue weighted by Gasteiger charge is -2.32. The van der Waals surface area contributed by atoms with E-state index in [9.17, 15) is 14.7 Å². The molecule has 1 aromatic carbocycles. The van der Waals surface area contributed by atoms with Crippen LogP contribution in [0.1, 0.15) is 26.2 Å². The van der Waals surface area contributed by atoms with Gasteiger partial charge in [0.05, 0.1) is 6.61 Å². The highest BCUT2D eigenvalue weighted by Gasteiger charge is 2.31. The van der Waals surface area contributed by atoms with Crippen LogP contribution in [0.2, 0.25) is 0 Å². The molecule has 0 unspecified atom stereocenters. The molecule has 1 fully saturated rings. The molecule has 2 rings (SSSR count). The summed E-state index contributed by atoms with van der Waals surface area (Å²) in [7, 11) is 0. The molecule has 1 aromatic rings. The van der Waals surface area contributed by atoms with Gasteiger partial charge in [0.1, 0.15) is 17.5 Å². The summed E-state index contributed by atoms with van der Waals surface area (Å²) in [6.45, 7) is 2.81. The number of hydrogen-bond acceptors (Lipinski definition) is 4. The van der Waals surface area contributed by atoms with Crippen molar-refractivity contribution in [3.8, 4) is 11.5 Å². The highest BCUT2D eigenvalue weighted by Crippen LogP contribution is 2.19. The Balaban J connectivity index is 1.89. The molecule has 1 atom stereocenters. The Labute approximate surface area is 129 Å². The first kappa shape index (κ1) is 16.1. The first-order chi connectivity index (χ1) is 10.6. The minimum atomic E-state index is -0.950. The van der Waals surface area contributed by atoms with Gasteiger partial charge in [0.2, 0.25) is 0 Å². The molecule has 0 aromatic heterocycles. The molecule has 1 saturated heterocycles. The van der Waals surface area contributed by atoms with Crippen LogP contribution in [0.4, 0.5) is 0 Å². The first-order valence-electron chi connectivity index (χ1n) is 7.49. The number of carboxylic acid groups (broad SMARTS) is 1. The number of hydrogen-bond donors (Lipinski definition) is 1. The van der Waals surface area contributed by atoms with Gasteiger partial charge in [-0.05, 0) is 50.5 Å². The van der Waals surface area contributed by atoms with Crippen LogP contribution in [-0.4, -0.2) is 47.7 Å². The number of benzene rings is 1. The van der Waals surface area contributed by atoms with Gasteiger partial charge in [-0.1, -0.05) is 0 Å². The lowest BCUT2D eigenvalue weighted by Crippen LogP contribution is -2.49. The maximum absolute atomic E-state index is 12.2. The van der Waals surface area contributed by atoms with E-state index in [0.717, 1.165) is 18.6 Å². The highest BCUT2D eigenvalue weighted by atomic mass is 16.5. The standard InChI is InChI=1S/C16H21NO5/c1-2-21-12-6-8-13(9-7-12)22-11-15(18)17-10-4-3-5-14(17)16(19)20/h6-9,14H,2-5,10-11H2,1H3,(H,19,20)/t14-/m1/s1. The number of likely N-dealkylation sites (tertiary alicyclic amines) is 1. The molecule has 0 radical (unpaired) electrons. The van der Waals surface area contributed by atoms with Crippen molar-refractivity contribution in [1.82, 2.24) is 4.90 Å². The van der Waals surface area contributed by atoms with Crippen molar-refractivity contribution in [3.05, 3.63) is 24.3 Å². The van der Waals surface area contributed by atoms with Crippen LogP contribution >= 0.6 is 0 Å². The van der Waals surface area contributed by atoms with Gasteiger partial charge in [-0.15, -0.1) is 0 Å². The second-order valence-corrected chi connectivity index (χ2v) is 5.13. The van der Waals surface area contributed by atoms with Gasteiger partial charge < -0.3 is 19.5 Å². The number of carboxylic acids is 1. The maximum Gasteiger partial charge on any atom is 0.326 e. The summed E-state index contributed by atoms with van der Waals surface area (Å²) in [6, 6.07) is 6.26. The Bertz CT molecular complexity index is 514. The van der Waals surface area contributed by atoms with E-state index < -0.39 is 12.0 Å². The summed E-state index contributed by atoms with van der Waals surface area (Å²) in [5.41, 5.74) is 0. The Morgan fingerprint density at radius 1 is 1.18 bits per heavy atom. The summed E-state index contributed by atoms with van der Waals surface area (Å²) < 4.78 is 10.8. The summed E-state index contributed by atoms with van der Waals surface area (Å²) in [5, 5.41) is 9.18. The molecule has 0 spiro atoms. The number of rotatable bonds is 6. The molecule has 0 saturated carbocycles. The fourth-order valence-electron chi connectivity index (χ4n) is 2.51. The van der Waals surface area contributed by atoms with Crippen LogP contribution in [-0.2, 0) is 9.59 Å². The lowest BCUT2D eigenvalue weighted by molar-refractivity contribution is -0.152. The quantitative estimate of drug-likeness (QED) is 0.869. The zero-order valence-electron chi connectivity index (χ0n) is 12.7. The van der Waals surface area contributed by atoms with Crippen LogP contribution in [0.5, 0.6) is 11.5 Å². The van der Waals surface area contributed by atoms with E-state index in [2.05, 4.69) is 0 Å². The third-order valence-corrected chi connectivity index (χ3v) is 3.61. The smallest absolute Gasteiger partial charge is 0.326 e. The fraction of sp³-hybridized carbons (Fsp3) is 0.500. The molecule has 22 heavy (non-hydrogen) atoms. The summed E-state index contributed by atoms with van der Waals surface area (Å²) >= 11 is 0. The van der Waals surface area contributed by atoms with Gasteiger partial charge in [0.25, 0.3) is 5.91 Å². The van der Waals surface area contributed by atoms with Gasteiger partial charge in [0.15, 0.2) is 6.61 Å². The average molecular weight is 307 g/mol. The van der Waals surface area contributed by atoms with Crippen molar-refractivity contribution < 1.29 is 24.2 Å². The Kier molecular flexibility index (Phi) is 5.63. The van der Waals surface area contributed by atoms with E-state index in [1.807, 2.05) is 6.92 Å². The second-order valence-electron chi connectivity index (χ2n) is 5.13. The molecular weight excluding hydrogens is 286 g/mol. The summed E-state index contributed by atoms with van der Waals surface area (Å²) in [4.78, 5) is 24.8. The van der Waals surface area contributed by atoms with Gasteiger partial charge in [0, 0.05) is 6.54 Å². The van der Waals surface area contributed by atoms with Gasteiger partial charge >= 0.3 is 5.97 Å². The zero-order valence-corrected chi connectivity index (χ0v) is 12.7. The van der Waals surface area contributed by atoms with Crippen molar-refractivity contribution in [3.63, 3.8) is 0 Å². The molecule has 1 amide bonds. The minimum absolute atomic E-state index is 0.155. The zero-order chi connectivity index (χ0) is 15.9. The Hall–Kier alpha value is -2.24. The first-order valence-corrected chi connectivity index (χ1v) is 7.49. The molecule has 6 heteroatoms. The Morgan fingerprint density at radius 3 is 2.41 bits per heavy atom. The van der Waals surface area contributed by atoms with Crippen LogP contribution < -0.4 is 9.47 Å². The third kappa shape index (κ3) is 4.13. The van der Waals surface area contributed by atoms with Crippen molar-refractivity contribution in [2.75, 3.05) is 19.8 Å². The van der Waals surface area contributed by atoms with E-state index in [1.165, 1.54) is 4.90 Å². The molecular formula is C16H21NO5. The molecule has 1 N–H and O–H groups in total. The topological polar surface area (TPSA) is 76.1 Å². The predicted octanol–water partition coefficient (Wildman–Crippen LogP) is 1.93. The normalized spacial score (nSPS) is 17.9. The molecule has 0 aliphatic carbocycles. The monoisotopic (exact) mass is 307 g/mol. The molecule has 6 nitrogen and oxygen atoms in total. The van der Waals surface area contributed by atoms with Gasteiger partial charge in [-0.2, -0.15) is 0 Å². The third-order valence-electron chi connectivity index (χ3n) is 3.61. The largest absolute Gasteiger partial charge is 0.494 e. The van der Waals surface area contributed by atoms with Crippen LogP contribution in [0, 0.1) is 0 Å². The van der Waals surface area contributed by atoms with E-state index >= 15 is 0 Å². The summed E-state index contributed by atoms with van der Waals surface area (Å²) in [6.07, 6.45) is 2.17. The van der Waals surface area contributed by atoms with E-state index in [1.54, 1.807) is 24.3 Å². The van der Waals surface area contributed by atoms with Gasteiger partial charge in [-0.25, -0.2) is 4.79 Å². The number of aliphatic carboxylic acids is 1. The van der Waals surface area contributed by atoms with Crippen molar-refractivity contribution in [2.45, 2.75) is 32.2 Å². The van der Waals surface area contributed by atoms with E-state index in [4.69, 9.17) is 9.47 Å². The SMILES string of the molecule is CCOc1ccc(OCC(=O)N2CCCC[C@@H]2C(=O)O)cc1. The number of ether oxygens (including phenoxy) is 2. The van der Waals surface area contributed by atoms with E-state index in [0.29, 0.717) is 25.3 Å². The second kappa shape index (κ2) is 7.68. The Morgan fingerprint density at radius 2 is 1.82 bits per heavy atom. The van der Waals surface area contributed by atoms with Crippen molar-refractivity contribution in [2.24, 2.45) is 0 Å².